The second-order valence-electron chi connectivity index (χ2n) is 4.44. The largest absolute Gasteiger partial charge is 0.368 e. The highest BCUT2D eigenvalue weighted by molar-refractivity contribution is 5.40. The zero-order valence-electron chi connectivity index (χ0n) is 8.50. The first-order chi connectivity index (χ1) is 6.93. The van der Waals surface area contributed by atoms with E-state index in [-0.39, 0.29) is 0 Å². The molecule has 2 aliphatic rings. The van der Waals surface area contributed by atoms with Crippen molar-refractivity contribution in [2.24, 2.45) is 0 Å². The first kappa shape index (κ1) is 8.33. The van der Waals surface area contributed by atoms with Crippen molar-refractivity contribution < 1.29 is 0 Å². The number of nitrogens with zero attached hydrogens (tertiary/aromatic N) is 2. The van der Waals surface area contributed by atoms with Crippen molar-refractivity contribution in [2.45, 2.75) is 44.6 Å². The molecule has 3 nitrogen and oxygen atoms in total. The summed E-state index contributed by atoms with van der Waals surface area (Å²) in [5.41, 5.74) is 1.33. The number of nitrogens with one attached hydrogen (secondary N) is 1. The van der Waals surface area contributed by atoms with Gasteiger partial charge in [-0.1, -0.05) is 19.3 Å². The van der Waals surface area contributed by atoms with Gasteiger partial charge in [0.05, 0.1) is 12.2 Å². The second-order valence-corrected chi connectivity index (χ2v) is 4.44. The van der Waals surface area contributed by atoms with Gasteiger partial charge in [0.1, 0.15) is 5.82 Å². The number of rotatable bonds is 1. The Morgan fingerprint density at radius 3 is 2.93 bits per heavy atom. The van der Waals surface area contributed by atoms with Crippen LogP contribution in [-0.4, -0.2) is 16.3 Å². The summed E-state index contributed by atoms with van der Waals surface area (Å²) in [7, 11) is 0. The van der Waals surface area contributed by atoms with E-state index in [0.717, 1.165) is 19.0 Å². The van der Waals surface area contributed by atoms with Gasteiger partial charge in [-0.2, -0.15) is 5.10 Å². The predicted molar refractivity (Wildman–Crippen MR) is 56.5 cm³/mol. The molecule has 3 heteroatoms. The molecule has 0 radical (unpaired) electrons. The molecule has 2 heterocycles. The molecule has 3 rings (SSSR count). The lowest BCUT2D eigenvalue weighted by atomic mass is 9.87. The van der Waals surface area contributed by atoms with Crippen LogP contribution in [0.25, 0.3) is 0 Å². The third kappa shape index (κ3) is 1.31. The molecule has 1 aliphatic carbocycles. The lowest BCUT2D eigenvalue weighted by Crippen LogP contribution is -2.07. The zero-order chi connectivity index (χ0) is 9.38. The Hall–Kier alpha value is -0.990. The molecule has 0 spiro atoms. The second kappa shape index (κ2) is 3.30. The molecular weight excluding hydrogens is 174 g/mol. The predicted octanol–water partition coefficient (Wildman–Crippen LogP) is 2.36. The Morgan fingerprint density at radius 1 is 1.29 bits per heavy atom. The Labute approximate surface area is 84.5 Å². The van der Waals surface area contributed by atoms with Crippen LogP contribution in [-0.2, 0) is 6.54 Å². The van der Waals surface area contributed by atoms with Gasteiger partial charge in [0.25, 0.3) is 0 Å². The highest BCUT2D eigenvalue weighted by atomic mass is 15.4. The number of aromatic nitrogens is 2. The molecule has 1 aromatic rings. The van der Waals surface area contributed by atoms with Crippen LogP contribution >= 0.6 is 0 Å². The van der Waals surface area contributed by atoms with E-state index in [1.165, 1.54) is 43.6 Å². The maximum Gasteiger partial charge on any atom is 0.124 e. The molecule has 1 aliphatic heterocycles. The molecule has 0 unspecified atom stereocenters. The van der Waals surface area contributed by atoms with Crippen molar-refractivity contribution in [3.05, 3.63) is 11.8 Å². The molecule has 76 valence electrons. The van der Waals surface area contributed by atoms with E-state index < -0.39 is 0 Å². The minimum Gasteiger partial charge on any atom is -0.368 e. The molecule has 0 saturated heterocycles. The summed E-state index contributed by atoms with van der Waals surface area (Å²) in [5.74, 6) is 1.97. The van der Waals surface area contributed by atoms with E-state index in [2.05, 4.69) is 21.2 Å². The highest BCUT2D eigenvalue weighted by Gasteiger charge is 2.21. The van der Waals surface area contributed by atoms with E-state index in [4.69, 9.17) is 0 Å². The van der Waals surface area contributed by atoms with E-state index in [9.17, 15) is 0 Å². The summed E-state index contributed by atoms with van der Waals surface area (Å²) < 4.78 is 2.12. The van der Waals surface area contributed by atoms with Crippen LogP contribution in [0.4, 0.5) is 5.82 Å². The Kier molecular flexibility index (Phi) is 1.96. The van der Waals surface area contributed by atoms with Crippen LogP contribution in [0.5, 0.6) is 0 Å². The number of hydrogen-bond donors (Lipinski definition) is 1. The van der Waals surface area contributed by atoms with Gasteiger partial charge in [0.2, 0.25) is 0 Å². The monoisotopic (exact) mass is 191 g/mol. The standard InChI is InChI=1S/C11H17N3/c1-2-4-9(5-3-1)10-8-11-12-6-7-14(11)13-10/h8-9,12H,1-7H2. The van der Waals surface area contributed by atoms with Gasteiger partial charge < -0.3 is 5.32 Å². The fourth-order valence-corrected chi connectivity index (χ4v) is 2.64. The number of fused-ring (bicyclic) bond motifs is 1. The summed E-state index contributed by atoms with van der Waals surface area (Å²) in [6.45, 7) is 2.09. The molecule has 1 fully saturated rings. The van der Waals surface area contributed by atoms with Gasteiger partial charge >= 0.3 is 0 Å². The summed E-state index contributed by atoms with van der Waals surface area (Å²) in [4.78, 5) is 0. The van der Waals surface area contributed by atoms with Crippen molar-refractivity contribution in [1.29, 1.82) is 0 Å². The van der Waals surface area contributed by atoms with Crippen LogP contribution in [0.2, 0.25) is 0 Å². The highest BCUT2D eigenvalue weighted by Crippen LogP contribution is 2.33. The number of hydrogen-bond acceptors (Lipinski definition) is 2. The van der Waals surface area contributed by atoms with Gasteiger partial charge in [-0.15, -0.1) is 0 Å². The van der Waals surface area contributed by atoms with Gasteiger partial charge in [0.15, 0.2) is 0 Å². The van der Waals surface area contributed by atoms with Crippen LogP contribution in [0.3, 0.4) is 0 Å². The average Bonchev–Trinajstić information content (AvgIpc) is 2.78. The molecule has 1 aromatic heterocycles. The van der Waals surface area contributed by atoms with Gasteiger partial charge in [-0.25, -0.2) is 4.68 Å². The zero-order valence-corrected chi connectivity index (χ0v) is 8.50. The smallest absolute Gasteiger partial charge is 0.124 e. The fourth-order valence-electron chi connectivity index (χ4n) is 2.64. The van der Waals surface area contributed by atoms with Gasteiger partial charge in [0, 0.05) is 18.5 Å². The van der Waals surface area contributed by atoms with Crippen molar-refractivity contribution in [3.8, 4) is 0 Å². The van der Waals surface area contributed by atoms with E-state index in [1.54, 1.807) is 0 Å². The van der Waals surface area contributed by atoms with Crippen molar-refractivity contribution >= 4 is 5.82 Å². The molecule has 0 amide bonds. The van der Waals surface area contributed by atoms with Crippen molar-refractivity contribution in [2.75, 3.05) is 11.9 Å². The van der Waals surface area contributed by atoms with Gasteiger partial charge in [-0.3, -0.25) is 0 Å². The topological polar surface area (TPSA) is 29.9 Å². The lowest BCUT2D eigenvalue weighted by molar-refractivity contribution is 0.432. The Bertz CT molecular complexity index is 302. The Morgan fingerprint density at radius 2 is 2.14 bits per heavy atom. The van der Waals surface area contributed by atoms with Crippen LogP contribution in [0.1, 0.15) is 43.7 Å². The average molecular weight is 191 g/mol. The van der Waals surface area contributed by atoms with Crippen LogP contribution in [0, 0.1) is 0 Å². The molecule has 0 bridgehead atoms. The summed E-state index contributed by atoms with van der Waals surface area (Å²) >= 11 is 0. The third-order valence-electron chi connectivity index (χ3n) is 3.45. The van der Waals surface area contributed by atoms with Crippen LogP contribution < -0.4 is 5.32 Å². The van der Waals surface area contributed by atoms with E-state index >= 15 is 0 Å². The maximum absolute atomic E-state index is 4.67. The molecule has 0 atom stereocenters. The van der Waals surface area contributed by atoms with Gasteiger partial charge in [-0.05, 0) is 12.8 Å². The SMILES string of the molecule is c1c(C2CCCCC2)nn2c1NCC2. The fraction of sp³-hybridized carbons (Fsp3) is 0.727. The van der Waals surface area contributed by atoms with E-state index in [1.807, 2.05) is 0 Å². The van der Waals surface area contributed by atoms with Crippen molar-refractivity contribution in [1.82, 2.24) is 9.78 Å². The summed E-state index contributed by atoms with van der Waals surface area (Å²) in [6, 6.07) is 2.25. The summed E-state index contributed by atoms with van der Waals surface area (Å²) in [6.07, 6.45) is 6.88. The minimum atomic E-state index is 0.739. The first-order valence-electron chi connectivity index (χ1n) is 5.75. The Balaban J connectivity index is 1.82. The van der Waals surface area contributed by atoms with E-state index in [0.29, 0.717) is 0 Å². The van der Waals surface area contributed by atoms with Crippen LogP contribution in [0.15, 0.2) is 6.07 Å². The minimum absolute atomic E-state index is 0.739. The lowest BCUT2D eigenvalue weighted by Gasteiger charge is -2.19. The number of anilines is 1. The van der Waals surface area contributed by atoms with Crippen molar-refractivity contribution in [3.63, 3.8) is 0 Å². The first-order valence-corrected chi connectivity index (χ1v) is 5.75. The molecule has 0 aromatic carbocycles. The third-order valence-corrected chi connectivity index (χ3v) is 3.45. The quantitative estimate of drug-likeness (QED) is 0.738. The molecular formula is C11H17N3. The molecule has 1 saturated carbocycles. The molecule has 1 N–H and O–H groups in total. The summed E-state index contributed by atoms with van der Waals surface area (Å²) in [5, 5.41) is 8.03. The normalized spacial score (nSPS) is 22.0. The maximum atomic E-state index is 4.67. The molecule has 14 heavy (non-hydrogen) atoms.